The van der Waals surface area contributed by atoms with Crippen LogP contribution in [0.25, 0.3) is 0 Å². The highest BCUT2D eigenvalue weighted by Gasteiger charge is 2.38. The Morgan fingerprint density at radius 3 is 2.84 bits per heavy atom. The number of esters is 1. The normalized spacial score (nSPS) is 34.2. The van der Waals surface area contributed by atoms with Crippen LogP contribution in [0.4, 0.5) is 0 Å². The third-order valence-corrected chi connectivity index (χ3v) is 4.96. The van der Waals surface area contributed by atoms with Crippen LogP contribution in [-0.2, 0) is 9.53 Å². The fraction of sp³-hybridized carbons (Fsp3) is 0.706. The average molecular weight is 262 g/mol. The molecular weight excluding hydrogens is 236 g/mol. The Morgan fingerprint density at radius 2 is 2.16 bits per heavy atom. The predicted octanol–water partition coefficient (Wildman–Crippen LogP) is 4.12. The Bertz CT molecular complexity index is 394. The van der Waals surface area contributed by atoms with Crippen LogP contribution in [0, 0.1) is 23.7 Å². The number of rotatable bonds is 3. The summed E-state index contributed by atoms with van der Waals surface area (Å²) in [7, 11) is 0. The van der Waals surface area contributed by atoms with Gasteiger partial charge in [0.1, 0.15) is 6.61 Å². The van der Waals surface area contributed by atoms with Gasteiger partial charge in [-0.25, -0.2) is 0 Å². The van der Waals surface area contributed by atoms with E-state index in [0.717, 1.165) is 17.4 Å². The Kier molecular flexibility index (Phi) is 4.49. The molecule has 0 aromatic carbocycles. The summed E-state index contributed by atoms with van der Waals surface area (Å²) in [4.78, 5) is 10.9. The number of hydrogen-bond donors (Lipinski definition) is 0. The number of carbonyl (C=O) groups excluding carboxylic acids is 1. The highest BCUT2D eigenvalue weighted by molar-refractivity contribution is 5.66. The Labute approximate surface area is 116 Å². The van der Waals surface area contributed by atoms with Crippen molar-refractivity contribution in [1.29, 1.82) is 0 Å². The fourth-order valence-electron chi connectivity index (χ4n) is 3.83. The number of ether oxygens (including phenoxy) is 1. The number of allylic oxidation sites excluding steroid dienone is 2. The summed E-state index contributed by atoms with van der Waals surface area (Å²) in [5, 5.41) is 0. The first-order valence-electron chi connectivity index (χ1n) is 7.47. The zero-order valence-corrected chi connectivity index (χ0v) is 12.4. The molecule has 0 aromatic heterocycles. The maximum atomic E-state index is 10.9. The van der Waals surface area contributed by atoms with E-state index in [-0.39, 0.29) is 5.97 Å². The molecule has 0 amide bonds. The van der Waals surface area contributed by atoms with Crippen molar-refractivity contribution in [2.45, 2.75) is 46.5 Å². The van der Waals surface area contributed by atoms with Crippen LogP contribution in [-0.4, -0.2) is 12.6 Å². The van der Waals surface area contributed by atoms with E-state index in [4.69, 9.17) is 4.74 Å². The number of hydrogen-bond acceptors (Lipinski definition) is 2. The summed E-state index contributed by atoms with van der Waals surface area (Å²) in [5.74, 6) is 2.50. The van der Waals surface area contributed by atoms with Gasteiger partial charge in [0, 0.05) is 6.92 Å². The first-order valence-corrected chi connectivity index (χ1v) is 7.47. The number of carbonyl (C=O) groups is 1. The van der Waals surface area contributed by atoms with Crippen molar-refractivity contribution < 1.29 is 9.53 Å². The van der Waals surface area contributed by atoms with Gasteiger partial charge in [-0.15, -0.1) is 0 Å². The SMILES string of the molecule is C=C(COC(C)=O)C1CCC(C)C2CCC(C)=CC12. The van der Waals surface area contributed by atoms with E-state index in [1.807, 2.05) is 0 Å². The first kappa shape index (κ1) is 14.4. The molecule has 19 heavy (non-hydrogen) atoms. The summed E-state index contributed by atoms with van der Waals surface area (Å²) >= 11 is 0. The Morgan fingerprint density at radius 1 is 1.42 bits per heavy atom. The van der Waals surface area contributed by atoms with Crippen LogP contribution in [0.2, 0.25) is 0 Å². The minimum absolute atomic E-state index is 0.211. The van der Waals surface area contributed by atoms with E-state index in [0.29, 0.717) is 18.4 Å². The highest BCUT2D eigenvalue weighted by Crippen LogP contribution is 2.47. The molecule has 2 rings (SSSR count). The van der Waals surface area contributed by atoms with E-state index in [1.54, 1.807) is 0 Å². The lowest BCUT2D eigenvalue weighted by atomic mass is 9.61. The molecule has 0 saturated heterocycles. The molecule has 0 aliphatic heterocycles. The van der Waals surface area contributed by atoms with E-state index < -0.39 is 0 Å². The van der Waals surface area contributed by atoms with Crippen LogP contribution in [0.1, 0.15) is 46.5 Å². The summed E-state index contributed by atoms with van der Waals surface area (Å²) in [6.45, 7) is 10.7. The number of fused-ring (bicyclic) bond motifs is 1. The lowest BCUT2D eigenvalue weighted by Gasteiger charge is -2.44. The van der Waals surface area contributed by atoms with Crippen LogP contribution >= 0.6 is 0 Å². The minimum atomic E-state index is -0.211. The van der Waals surface area contributed by atoms with Crippen molar-refractivity contribution in [2.24, 2.45) is 23.7 Å². The highest BCUT2D eigenvalue weighted by atomic mass is 16.5. The van der Waals surface area contributed by atoms with Crippen LogP contribution in [0.3, 0.4) is 0 Å². The monoisotopic (exact) mass is 262 g/mol. The minimum Gasteiger partial charge on any atom is -0.461 e. The van der Waals surface area contributed by atoms with Crippen molar-refractivity contribution in [2.75, 3.05) is 6.61 Å². The second-order valence-electron chi connectivity index (χ2n) is 6.39. The van der Waals surface area contributed by atoms with E-state index in [2.05, 4.69) is 26.5 Å². The molecule has 4 unspecified atom stereocenters. The van der Waals surface area contributed by atoms with Gasteiger partial charge in [0.25, 0.3) is 0 Å². The first-order chi connectivity index (χ1) is 8.99. The molecule has 2 aliphatic rings. The van der Waals surface area contributed by atoms with Crippen molar-refractivity contribution >= 4 is 5.97 Å². The summed E-state index contributed by atoms with van der Waals surface area (Å²) in [6.07, 6.45) is 7.48. The molecule has 2 aliphatic carbocycles. The van der Waals surface area contributed by atoms with Gasteiger partial charge in [0.05, 0.1) is 0 Å². The fourth-order valence-corrected chi connectivity index (χ4v) is 3.83. The maximum Gasteiger partial charge on any atom is 0.302 e. The second-order valence-corrected chi connectivity index (χ2v) is 6.39. The van der Waals surface area contributed by atoms with Crippen LogP contribution < -0.4 is 0 Å². The zero-order chi connectivity index (χ0) is 14.0. The Hall–Kier alpha value is -1.05. The van der Waals surface area contributed by atoms with Crippen molar-refractivity contribution in [1.82, 2.24) is 0 Å². The predicted molar refractivity (Wildman–Crippen MR) is 77.6 cm³/mol. The summed E-state index contributed by atoms with van der Waals surface area (Å²) < 4.78 is 5.13. The molecule has 0 bridgehead atoms. The average Bonchev–Trinajstić information content (AvgIpc) is 2.36. The van der Waals surface area contributed by atoms with Gasteiger partial charge < -0.3 is 4.74 Å². The van der Waals surface area contributed by atoms with E-state index in [9.17, 15) is 4.79 Å². The quantitative estimate of drug-likeness (QED) is 0.565. The summed E-state index contributed by atoms with van der Waals surface area (Å²) in [6, 6.07) is 0. The molecule has 0 N–H and O–H groups in total. The molecular formula is C17H26O2. The van der Waals surface area contributed by atoms with Gasteiger partial charge >= 0.3 is 5.97 Å². The van der Waals surface area contributed by atoms with Gasteiger partial charge in [0.15, 0.2) is 0 Å². The maximum absolute atomic E-state index is 10.9. The third-order valence-electron chi connectivity index (χ3n) is 4.96. The van der Waals surface area contributed by atoms with Gasteiger partial charge in [-0.1, -0.05) is 25.2 Å². The van der Waals surface area contributed by atoms with Crippen molar-refractivity contribution in [3.05, 3.63) is 23.8 Å². The molecule has 4 atom stereocenters. The molecule has 0 spiro atoms. The molecule has 106 valence electrons. The molecule has 1 fully saturated rings. The van der Waals surface area contributed by atoms with Gasteiger partial charge in [-0.2, -0.15) is 0 Å². The van der Waals surface area contributed by atoms with Crippen molar-refractivity contribution in [3.8, 4) is 0 Å². The molecule has 0 heterocycles. The second kappa shape index (κ2) is 5.94. The molecule has 1 saturated carbocycles. The topological polar surface area (TPSA) is 26.3 Å². The standard InChI is InChI=1S/C17H26O2/c1-11-5-7-15-12(2)6-8-16(17(15)9-11)13(3)10-19-14(4)18/h9,12,15-17H,3,5-8,10H2,1-2,4H3. The smallest absolute Gasteiger partial charge is 0.302 e. The summed E-state index contributed by atoms with van der Waals surface area (Å²) in [5.41, 5.74) is 2.61. The van der Waals surface area contributed by atoms with Gasteiger partial charge in [0.2, 0.25) is 0 Å². The van der Waals surface area contributed by atoms with Crippen LogP contribution in [0.15, 0.2) is 23.8 Å². The largest absolute Gasteiger partial charge is 0.461 e. The van der Waals surface area contributed by atoms with Gasteiger partial charge in [-0.05, 0) is 61.9 Å². The molecule has 0 radical (unpaired) electrons. The molecule has 2 heteroatoms. The Balaban J connectivity index is 2.09. The zero-order valence-electron chi connectivity index (χ0n) is 12.4. The van der Waals surface area contributed by atoms with E-state index in [1.165, 1.54) is 38.2 Å². The van der Waals surface area contributed by atoms with Crippen molar-refractivity contribution in [3.63, 3.8) is 0 Å². The molecule has 0 aromatic rings. The third kappa shape index (κ3) is 3.29. The van der Waals surface area contributed by atoms with E-state index >= 15 is 0 Å². The van der Waals surface area contributed by atoms with Crippen LogP contribution in [0.5, 0.6) is 0 Å². The molecule has 2 nitrogen and oxygen atoms in total. The lowest BCUT2D eigenvalue weighted by molar-refractivity contribution is -0.140. The lowest BCUT2D eigenvalue weighted by Crippen LogP contribution is -2.36. The van der Waals surface area contributed by atoms with Gasteiger partial charge in [-0.3, -0.25) is 4.79 Å².